The number of ether oxygens (including phenoxy) is 1. The van der Waals surface area contributed by atoms with Gasteiger partial charge in [0, 0.05) is 12.2 Å². The summed E-state index contributed by atoms with van der Waals surface area (Å²) in [5.41, 5.74) is 2.37. The second-order valence-corrected chi connectivity index (χ2v) is 5.29. The Kier molecular flexibility index (Phi) is 5.22. The van der Waals surface area contributed by atoms with Gasteiger partial charge >= 0.3 is 5.97 Å². The maximum atomic E-state index is 11.7. The molecule has 0 saturated heterocycles. The van der Waals surface area contributed by atoms with Crippen molar-refractivity contribution in [1.82, 2.24) is 0 Å². The number of hydrogen-bond acceptors (Lipinski definition) is 4. The number of rotatable bonds is 5. The van der Waals surface area contributed by atoms with Gasteiger partial charge in [0.05, 0.1) is 16.6 Å². The van der Waals surface area contributed by atoms with Gasteiger partial charge in [-0.25, -0.2) is 4.79 Å². The van der Waals surface area contributed by atoms with E-state index in [-0.39, 0.29) is 11.7 Å². The lowest BCUT2D eigenvalue weighted by molar-refractivity contribution is 0.0526. The highest BCUT2D eigenvalue weighted by molar-refractivity contribution is 9.10. The summed E-state index contributed by atoms with van der Waals surface area (Å²) in [7, 11) is 0. The molecule has 0 amide bonds. The van der Waals surface area contributed by atoms with Crippen LogP contribution < -0.4 is 5.32 Å². The van der Waals surface area contributed by atoms with Gasteiger partial charge in [0.2, 0.25) is 0 Å². The van der Waals surface area contributed by atoms with Crippen LogP contribution in [-0.4, -0.2) is 17.7 Å². The fraction of sp³-hybridized carbons (Fsp3) is 0.188. The van der Waals surface area contributed by atoms with Crippen LogP contribution in [0, 0.1) is 0 Å². The summed E-state index contributed by atoms with van der Waals surface area (Å²) in [4.78, 5) is 11.7. The molecule has 5 heteroatoms. The average molecular weight is 350 g/mol. The largest absolute Gasteiger partial charge is 0.507 e. The van der Waals surface area contributed by atoms with E-state index in [0.717, 1.165) is 11.3 Å². The first-order valence-electron chi connectivity index (χ1n) is 6.58. The van der Waals surface area contributed by atoms with Crippen LogP contribution in [0.2, 0.25) is 0 Å². The molecule has 0 aliphatic carbocycles. The van der Waals surface area contributed by atoms with Gasteiger partial charge in [-0.1, -0.05) is 12.1 Å². The maximum Gasteiger partial charge on any atom is 0.338 e. The second kappa shape index (κ2) is 7.13. The Morgan fingerprint density at radius 2 is 2.10 bits per heavy atom. The standard InChI is InChI=1S/C16H16BrNO3/c1-2-21-16(20)12-4-3-5-13(9-12)18-10-11-6-7-15(19)14(17)8-11/h3-9,18-19H,2,10H2,1H3. The van der Waals surface area contributed by atoms with E-state index >= 15 is 0 Å². The Balaban J connectivity index is 2.04. The van der Waals surface area contributed by atoms with E-state index in [1.165, 1.54) is 0 Å². The van der Waals surface area contributed by atoms with Crippen molar-refractivity contribution in [2.45, 2.75) is 13.5 Å². The van der Waals surface area contributed by atoms with Gasteiger partial charge in [0.1, 0.15) is 5.75 Å². The SMILES string of the molecule is CCOC(=O)c1cccc(NCc2ccc(O)c(Br)c2)c1. The Labute approximate surface area is 131 Å². The lowest BCUT2D eigenvalue weighted by Crippen LogP contribution is -2.06. The number of halogens is 1. The van der Waals surface area contributed by atoms with Crippen molar-refractivity contribution < 1.29 is 14.6 Å². The molecule has 0 atom stereocenters. The van der Waals surface area contributed by atoms with Crippen LogP contribution in [0.1, 0.15) is 22.8 Å². The number of anilines is 1. The zero-order valence-corrected chi connectivity index (χ0v) is 13.2. The molecule has 21 heavy (non-hydrogen) atoms. The summed E-state index contributed by atoms with van der Waals surface area (Å²) in [5.74, 6) is -0.114. The van der Waals surface area contributed by atoms with Gasteiger partial charge in [-0.3, -0.25) is 0 Å². The molecular weight excluding hydrogens is 334 g/mol. The smallest absolute Gasteiger partial charge is 0.338 e. The third-order valence-corrected chi connectivity index (χ3v) is 3.52. The zero-order chi connectivity index (χ0) is 15.2. The molecule has 2 aromatic rings. The highest BCUT2D eigenvalue weighted by atomic mass is 79.9. The molecule has 2 N–H and O–H groups in total. The van der Waals surface area contributed by atoms with Crippen molar-refractivity contribution >= 4 is 27.6 Å². The number of aromatic hydroxyl groups is 1. The summed E-state index contributed by atoms with van der Waals surface area (Å²) in [6.07, 6.45) is 0. The molecule has 0 saturated carbocycles. The molecule has 0 spiro atoms. The maximum absolute atomic E-state index is 11.7. The van der Waals surface area contributed by atoms with E-state index < -0.39 is 0 Å². The number of carbonyl (C=O) groups excluding carboxylic acids is 1. The average Bonchev–Trinajstić information content (AvgIpc) is 2.49. The van der Waals surface area contributed by atoms with Gasteiger partial charge in [-0.2, -0.15) is 0 Å². The van der Waals surface area contributed by atoms with Crippen LogP contribution in [0.5, 0.6) is 5.75 Å². The summed E-state index contributed by atoms with van der Waals surface area (Å²) in [5, 5.41) is 12.7. The monoisotopic (exact) mass is 349 g/mol. The van der Waals surface area contributed by atoms with Crippen molar-refractivity contribution in [3.8, 4) is 5.75 Å². The third-order valence-electron chi connectivity index (χ3n) is 2.88. The summed E-state index contributed by atoms with van der Waals surface area (Å²) in [6.45, 7) is 2.73. The second-order valence-electron chi connectivity index (χ2n) is 4.44. The van der Waals surface area contributed by atoms with Crippen LogP contribution in [0.4, 0.5) is 5.69 Å². The minimum atomic E-state index is -0.325. The predicted octanol–water partition coefficient (Wildman–Crippen LogP) is 3.94. The van der Waals surface area contributed by atoms with Crippen molar-refractivity contribution in [2.75, 3.05) is 11.9 Å². The van der Waals surface area contributed by atoms with Gasteiger partial charge in [0.15, 0.2) is 0 Å². The molecule has 0 fully saturated rings. The highest BCUT2D eigenvalue weighted by Crippen LogP contribution is 2.24. The Hall–Kier alpha value is -2.01. The van der Waals surface area contributed by atoms with Crippen LogP contribution in [0.3, 0.4) is 0 Å². The van der Waals surface area contributed by atoms with E-state index in [2.05, 4.69) is 21.2 Å². The third kappa shape index (κ3) is 4.23. The number of esters is 1. The molecule has 0 aliphatic rings. The number of phenols is 1. The zero-order valence-electron chi connectivity index (χ0n) is 11.6. The van der Waals surface area contributed by atoms with E-state index in [9.17, 15) is 9.90 Å². The molecule has 0 unspecified atom stereocenters. The van der Waals surface area contributed by atoms with Crippen LogP contribution in [0.25, 0.3) is 0 Å². The molecule has 0 aliphatic heterocycles. The number of phenolic OH excluding ortho intramolecular Hbond substituents is 1. The fourth-order valence-electron chi connectivity index (χ4n) is 1.84. The molecule has 0 radical (unpaired) electrons. The van der Waals surface area contributed by atoms with E-state index in [1.54, 1.807) is 31.2 Å². The van der Waals surface area contributed by atoms with Crippen molar-refractivity contribution in [3.05, 3.63) is 58.1 Å². The first-order valence-corrected chi connectivity index (χ1v) is 7.38. The fourth-order valence-corrected chi connectivity index (χ4v) is 2.26. The predicted molar refractivity (Wildman–Crippen MR) is 85.5 cm³/mol. The van der Waals surface area contributed by atoms with Crippen molar-refractivity contribution in [1.29, 1.82) is 0 Å². The first-order chi connectivity index (χ1) is 10.1. The van der Waals surface area contributed by atoms with Crippen molar-refractivity contribution in [2.24, 2.45) is 0 Å². The summed E-state index contributed by atoms with van der Waals surface area (Å²) in [6, 6.07) is 12.5. The van der Waals surface area contributed by atoms with E-state index in [1.807, 2.05) is 18.2 Å². The lowest BCUT2D eigenvalue weighted by atomic mass is 10.2. The number of benzene rings is 2. The molecule has 0 aromatic heterocycles. The van der Waals surface area contributed by atoms with Crippen molar-refractivity contribution in [3.63, 3.8) is 0 Å². The Morgan fingerprint density at radius 3 is 2.81 bits per heavy atom. The summed E-state index contributed by atoms with van der Waals surface area (Å²) < 4.78 is 5.63. The van der Waals surface area contributed by atoms with Gasteiger partial charge in [0.25, 0.3) is 0 Å². The molecule has 2 aromatic carbocycles. The Morgan fingerprint density at radius 1 is 1.29 bits per heavy atom. The van der Waals surface area contributed by atoms with E-state index in [4.69, 9.17) is 4.74 Å². The van der Waals surface area contributed by atoms with Gasteiger partial charge in [-0.15, -0.1) is 0 Å². The minimum Gasteiger partial charge on any atom is -0.507 e. The Bertz CT molecular complexity index is 643. The molecule has 0 bridgehead atoms. The van der Waals surface area contributed by atoms with Gasteiger partial charge < -0.3 is 15.2 Å². The number of carbonyl (C=O) groups is 1. The van der Waals surface area contributed by atoms with Crippen LogP contribution in [0.15, 0.2) is 46.9 Å². The molecular formula is C16H16BrNO3. The van der Waals surface area contributed by atoms with Gasteiger partial charge in [-0.05, 0) is 58.7 Å². The normalized spacial score (nSPS) is 10.2. The van der Waals surface area contributed by atoms with E-state index in [0.29, 0.717) is 23.2 Å². The minimum absolute atomic E-state index is 0.211. The van der Waals surface area contributed by atoms with Crippen LogP contribution in [-0.2, 0) is 11.3 Å². The molecule has 0 heterocycles. The molecule has 110 valence electrons. The lowest BCUT2D eigenvalue weighted by Gasteiger charge is -2.09. The first kappa shape index (κ1) is 15.4. The summed E-state index contributed by atoms with van der Waals surface area (Å²) >= 11 is 3.28. The number of nitrogens with one attached hydrogen (secondary N) is 1. The molecule has 2 rings (SSSR count). The topological polar surface area (TPSA) is 58.6 Å². The highest BCUT2D eigenvalue weighted by Gasteiger charge is 2.06. The molecule has 4 nitrogen and oxygen atoms in total. The van der Waals surface area contributed by atoms with Crippen LogP contribution >= 0.6 is 15.9 Å². The quantitative estimate of drug-likeness (QED) is 0.802. The number of hydrogen-bond donors (Lipinski definition) is 2.